The summed E-state index contributed by atoms with van der Waals surface area (Å²) in [5.41, 5.74) is 0.306. The van der Waals surface area contributed by atoms with E-state index in [4.69, 9.17) is 4.74 Å². The highest BCUT2D eigenvalue weighted by molar-refractivity contribution is 7.89. The minimum Gasteiger partial charge on any atom is -0.381 e. The van der Waals surface area contributed by atoms with E-state index in [0.29, 0.717) is 44.7 Å². The van der Waals surface area contributed by atoms with Crippen LogP contribution in [0.3, 0.4) is 0 Å². The van der Waals surface area contributed by atoms with Crippen molar-refractivity contribution < 1.29 is 17.9 Å². The summed E-state index contributed by atoms with van der Waals surface area (Å²) in [7, 11) is -3.67. The molecule has 0 aliphatic carbocycles. The number of carbonyl (C=O) groups is 1. The molecular weight excluding hydrogens is 356 g/mol. The second kappa shape index (κ2) is 8.43. The molecular formula is C17H22N4O4S. The quantitative estimate of drug-likeness (QED) is 0.741. The number of hydrogen-bond donors (Lipinski definition) is 2. The molecule has 9 heteroatoms. The number of benzene rings is 1. The fourth-order valence-corrected chi connectivity index (χ4v) is 4.08. The predicted molar refractivity (Wildman–Crippen MR) is 95.2 cm³/mol. The van der Waals surface area contributed by atoms with Gasteiger partial charge in [-0.3, -0.25) is 9.48 Å². The number of sulfonamides is 1. The third kappa shape index (κ3) is 4.90. The molecule has 1 fully saturated rings. The first-order chi connectivity index (χ1) is 12.5. The van der Waals surface area contributed by atoms with Crippen molar-refractivity contribution in [3.05, 3.63) is 48.3 Å². The molecule has 1 amide bonds. The Morgan fingerprint density at radius 3 is 2.81 bits per heavy atom. The van der Waals surface area contributed by atoms with Crippen molar-refractivity contribution in [1.82, 2.24) is 19.8 Å². The molecule has 3 rings (SSSR count). The van der Waals surface area contributed by atoms with Gasteiger partial charge in [0, 0.05) is 43.8 Å². The van der Waals surface area contributed by atoms with Crippen molar-refractivity contribution in [3.63, 3.8) is 0 Å². The zero-order chi connectivity index (χ0) is 18.4. The van der Waals surface area contributed by atoms with E-state index in [1.54, 1.807) is 29.2 Å². The fraction of sp³-hybridized carbons (Fsp3) is 0.412. The van der Waals surface area contributed by atoms with Crippen molar-refractivity contribution in [2.24, 2.45) is 0 Å². The Kier molecular flexibility index (Phi) is 6.02. The van der Waals surface area contributed by atoms with Gasteiger partial charge in [-0.15, -0.1) is 0 Å². The van der Waals surface area contributed by atoms with E-state index < -0.39 is 10.0 Å². The van der Waals surface area contributed by atoms with Gasteiger partial charge in [0.1, 0.15) is 0 Å². The van der Waals surface area contributed by atoms with E-state index in [1.807, 2.05) is 6.07 Å². The average molecular weight is 378 g/mol. The van der Waals surface area contributed by atoms with E-state index >= 15 is 0 Å². The minimum atomic E-state index is -3.67. The molecule has 0 spiro atoms. The van der Waals surface area contributed by atoms with Gasteiger partial charge in [-0.05, 0) is 37.1 Å². The molecule has 140 valence electrons. The zero-order valence-electron chi connectivity index (χ0n) is 14.3. The standard InChI is InChI=1S/C17H22N4O4S/c22-17(18-8-10-21-9-2-7-19-21)14-3-1-4-16(13-14)26(23,24)20-15-5-11-25-12-6-15/h1-4,7,9,13,15,20H,5-6,8,10-12H2,(H,18,22). The highest BCUT2D eigenvalue weighted by Crippen LogP contribution is 2.15. The number of ether oxygens (including phenoxy) is 1. The lowest BCUT2D eigenvalue weighted by Gasteiger charge is -2.23. The summed E-state index contributed by atoms with van der Waals surface area (Å²) >= 11 is 0. The molecule has 1 aromatic carbocycles. The van der Waals surface area contributed by atoms with Gasteiger partial charge in [0.25, 0.3) is 5.91 Å². The maximum Gasteiger partial charge on any atom is 0.251 e. The van der Waals surface area contributed by atoms with Gasteiger partial charge in [0.15, 0.2) is 0 Å². The number of amides is 1. The highest BCUT2D eigenvalue weighted by atomic mass is 32.2. The lowest BCUT2D eigenvalue weighted by atomic mass is 10.1. The fourth-order valence-electron chi connectivity index (χ4n) is 2.73. The summed E-state index contributed by atoms with van der Waals surface area (Å²) in [6.45, 7) is 2.04. The Morgan fingerprint density at radius 2 is 2.08 bits per heavy atom. The lowest BCUT2D eigenvalue weighted by molar-refractivity contribution is 0.0832. The summed E-state index contributed by atoms with van der Waals surface area (Å²) in [6, 6.07) is 7.71. The van der Waals surface area contributed by atoms with Crippen LogP contribution in [0.25, 0.3) is 0 Å². The van der Waals surface area contributed by atoms with Crippen molar-refractivity contribution in [3.8, 4) is 0 Å². The van der Waals surface area contributed by atoms with E-state index in [2.05, 4.69) is 15.1 Å². The van der Waals surface area contributed by atoms with Gasteiger partial charge >= 0.3 is 0 Å². The summed E-state index contributed by atoms with van der Waals surface area (Å²) in [4.78, 5) is 12.4. The van der Waals surface area contributed by atoms with Crippen LogP contribution in [0.5, 0.6) is 0 Å². The van der Waals surface area contributed by atoms with E-state index in [0.717, 1.165) is 0 Å². The highest BCUT2D eigenvalue weighted by Gasteiger charge is 2.22. The van der Waals surface area contributed by atoms with E-state index in [1.165, 1.54) is 12.1 Å². The van der Waals surface area contributed by atoms with Gasteiger partial charge < -0.3 is 10.1 Å². The van der Waals surface area contributed by atoms with Crippen molar-refractivity contribution in [2.75, 3.05) is 19.8 Å². The van der Waals surface area contributed by atoms with Gasteiger partial charge in [-0.1, -0.05) is 6.07 Å². The molecule has 0 atom stereocenters. The molecule has 2 N–H and O–H groups in total. The molecule has 0 unspecified atom stereocenters. The van der Waals surface area contributed by atoms with E-state index in [9.17, 15) is 13.2 Å². The van der Waals surface area contributed by atoms with Crippen LogP contribution in [0.2, 0.25) is 0 Å². The lowest BCUT2D eigenvalue weighted by Crippen LogP contribution is -2.38. The Balaban J connectivity index is 1.61. The average Bonchev–Trinajstić information content (AvgIpc) is 3.16. The largest absolute Gasteiger partial charge is 0.381 e. The number of nitrogens with one attached hydrogen (secondary N) is 2. The second-order valence-corrected chi connectivity index (χ2v) is 7.77. The summed E-state index contributed by atoms with van der Waals surface area (Å²) in [6.07, 6.45) is 4.77. The summed E-state index contributed by atoms with van der Waals surface area (Å²) in [5, 5.41) is 6.82. The van der Waals surface area contributed by atoms with Crippen LogP contribution in [-0.2, 0) is 21.3 Å². The third-order valence-corrected chi connectivity index (χ3v) is 5.65. The number of aromatic nitrogens is 2. The molecule has 0 bridgehead atoms. The first-order valence-electron chi connectivity index (χ1n) is 8.50. The SMILES string of the molecule is O=C(NCCn1cccn1)c1cccc(S(=O)(=O)NC2CCOCC2)c1. The van der Waals surface area contributed by atoms with Crippen LogP contribution in [0.15, 0.2) is 47.6 Å². The van der Waals surface area contributed by atoms with E-state index in [-0.39, 0.29) is 16.8 Å². The van der Waals surface area contributed by atoms with Crippen LogP contribution in [-0.4, -0.2) is 49.9 Å². The number of carbonyl (C=O) groups excluding carboxylic acids is 1. The number of hydrogen-bond acceptors (Lipinski definition) is 5. The molecule has 8 nitrogen and oxygen atoms in total. The van der Waals surface area contributed by atoms with Crippen LogP contribution in [0.4, 0.5) is 0 Å². The van der Waals surface area contributed by atoms with Crippen molar-refractivity contribution in [1.29, 1.82) is 0 Å². The summed E-state index contributed by atoms with van der Waals surface area (Å²) in [5.74, 6) is -0.319. The maximum absolute atomic E-state index is 12.5. The topological polar surface area (TPSA) is 102 Å². The maximum atomic E-state index is 12.5. The van der Waals surface area contributed by atoms with Gasteiger partial charge in [-0.25, -0.2) is 13.1 Å². The van der Waals surface area contributed by atoms with Crippen LogP contribution in [0.1, 0.15) is 23.2 Å². The van der Waals surface area contributed by atoms with Crippen molar-refractivity contribution >= 4 is 15.9 Å². The van der Waals surface area contributed by atoms with Crippen molar-refractivity contribution in [2.45, 2.75) is 30.3 Å². The Hall–Kier alpha value is -2.23. The zero-order valence-corrected chi connectivity index (χ0v) is 15.1. The van der Waals surface area contributed by atoms with Crippen LogP contribution < -0.4 is 10.0 Å². The smallest absolute Gasteiger partial charge is 0.251 e. The molecule has 26 heavy (non-hydrogen) atoms. The Bertz CT molecular complexity index is 830. The number of nitrogens with zero attached hydrogens (tertiary/aromatic N) is 2. The molecule has 1 aromatic heterocycles. The van der Waals surface area contributed by atoms with Crippen LogP contribution in [0, 0.1) is 0 Å². The first kappa shape index (κ1) is 18.6. The predicted octanol–water partition coefficient (Wildman–Crippen LogP) is 0.770. The van der Waals surface area contributed by atoms with Crippen LogP contribution >= 0.6 is 0 Å². The second-order valence-electron chi connectivity index (χ2n) is 6.06. The number of rotatable bonds is 7. The van der Waals surface area contributed by atoms with Gasteiger partial charge in [0.05, 0.1) is 11.4 Å². The first-order valence-corrected chi connectivity index (χ1v) is 9.99. The molecule has 0 radical (unpaired) electrons. The normalized spacial score (nSPS) is 15.7. The molecule has 0 saturated carbocycles. The third-order valence-electron chi connectivity index (χ3n) is 4.14. The Labute approximate surface area is 152 Å². The molecule has 2 heterocycles. The molecule has 1 saturated heterocycles. The molecule has 1 aliphatic heterocycles. The van der Waals surface area contributed by atoms with Gasteiger partial charge in [0.2, 0.25) is 10.0 Å². The summed E-state index contributed by atoms with van der Waals surface area (Å²) < 4.78 is 34.7. The van der Waals surface area contributed by atoms with Gasteiger partial charge in [-0.2, -0.15) is 5.10 Å². The molecule has 1 aliphatic rings. The minimum absolute atomic E-state index is 0.0868. The monoisotopic (exact) mass is 378 g/mol. The Morgan fingerprint density at radius 1 is 1.27 bits per heavy atom. The molecule has 2 aromatic rings.